The molecule has 108 valence electrons. The van der Waals surface area contributed by atoms with Gasteiger partial charge in [0.05, 0.1) is 20.3 Å². The third-order valence-corrected chi connectivity index (χ3v) is 3.22. The van der Waals surface area contributed by atoms with Crippen LogP contribution in [0, 0.1) is 0 Å². The van der Waals surface area contributed by atoms with Gasteiger partial charge in [0.2, 0.25) is 11.8 Å². The summed E-state index contributed by atoms with van der Waals surface area (Å²) in [6.07, 6.45) is 2.15. The maximum Gasteiger partial charge on any atom is 0.220 e. The van der Waals surface area contributed by atoms with Crippen molar-refractivity contribution in [2.45, 2.75) is 45.6 Å². The van der Waals surface area contributed by atoms with Gasteiger partial charge >= 0.3 is 0 Å². The van der Waals surface area contributed by atoms with E-state index in [4.69, 9.17) is 9.47 Å². The van der Waals surface area contributed by atoms with Crippen LogP contribution in [0.4, 0.5) is 0 Å². The molecule has 5 heteroatoms. The van der Waals surface area contributed by atoms with Gasteiger partial charge in [-0.2, -0.15) is 9.97 Å². The van der Waals surface area contributed by atoms with Crippen molar-refractivity contribution in [3.05, 3.63) is 11.9 Å². The van der Waals surface area contributed by atoms with E-state index >= 15 is 0 Å². The number of methoxy groups -OCH3 is 2. The van der Waals surface area contributed by atoms with Crippen LogP contribution in [0.2, 0.25) is 0 Å². The lowest BCUT2D eigenvalue weighted by molar-refractivity contribution is 0.357. The molecule has 0 saturated carbocycles. The molecule has 19 heavy (non-hydrogen) atoms. The lowest BCUT2D eigenvalue weighted by atomic mass is 9.98. The first-order valence-corrected chi connectivity index (χ1v) is 6.86. The van der Waals surface area contributed by atoms with Crippen LogP contribution in [-0.4, -0.2) is 36.8 Å². The minimum atomic E-state index is 0.209. The second-order valence-corrected chi connectivity index (χ2v) is 4.57. The molecule has 1 N–H and O–H groups in total. The van der Waals surface area contributed by atoms with Crippen molar-refractivity contribution in [3.8, 4) is 11.8 Å². The molecule has 5 nitrogen and oxygen atoms in total. The quantitative estimate of drug-likeness (QED) is 0.783. The molecule has 0 spiro atoms. The van der Waals surface area contributed by atoms with Gasteiger partial charge in [0.15, 0.2) is 0 Å². The molecule has 1 aromatic heterocycles. The average Bonchev–Trinajstić information content (AvgIpc) is 2.47. The lowest BCUT2D eigenvalue weighted by Gasteiger charge is -2.23. The smallest absolute Gasteiger partial charge is 0.220 e. The summed E-state index contributed by atoms with van der Waals surface area (Å²) in [6.45, 7) is 7.46. The highest BCUT2D eigenvalue weighted by molar-refractivity contribution is 5.22. The Morgan fingerprint density at radius 3 is 2.16 bits per heavy atom. The fourth-order valence-electron chi connectivity index (χ4n) is 2.02. The Kier molecular flexibility index (Phi) is 6.56. The van der Waals surface area contributed by atoms with Crippen molar-refractivity contribution >= 4 is 0 Å². The third kappa shape index (κ3) is 4.35. The molecule has 1 heterocycles. The number of hydrogen-bond acceptors (Lipinski definition) is 5. The van der Waals surface area contributed by atoms with Gasteiger partial charge in [0.25, 0.3) is 0 Å². The van der Waals surface area contributed by atoms with Crippen LogP contribution < -0.4 is 14.8 Å². The summed E-state index contributed by atoms with van der Waals surface area (Å²) in [7, 11) is 3.20. The van der Waals surface area contributed by atoms with Gasteiger partial charge in [-0.05, 0) is 19.4 Å². The Hall–Kier alpha value is -1.36. The van der Waals surface area contributed by atoms with Gasteiger partial charge in [0.1, 0.15) is 5.82 Å². The van der Waals surface area contributed by atoms with Gasteiger partial charge in [-0.1, -0.05) is 20.8 Å². The third-order valence-electron chi connectivity index (χ3n) is 3.22. The molecule has 0 aromatic carbocycles. The summed E-state index contributed by atoms with van der Waals surface area (Å²) >= 11 is 0. The van der Waals surface area contributed by atoms with Crippen molar-refractivity contribution in [2.24, 2.45) is 0 Å². The molecule has 0 amide bonds. The van der Waals surface area contributed by atoms with Crippen LogP contribution in [0.1, 0.15) is 45.4 Å². The average molecular weight is 267 g/mol. The molecule has 1 aromatic rings. The molecule has 0 radical (unpaired) electrons. The van der Waals surface area contributed by atoms with E-state index < -0.39 is 0 Å². The van der Waals surface area contributed by atoms with Gasteiger partial charge in [-0.25, -0.2) is 0 Å². The van der Waals surface area contributed by atoms with Gasteiger partial charge in [-0.3, -0.25) is 0 Å². The SMILES string of the molecule is CCCNC(CC)C(C)c1nc(OC)cc(OC)n1. The van der Waals surface area contributed by atoms with E-state index in [2.05, 4.69) is 36.1 Å². The monoisotopic (exact) mass is 267 g/mol. The van der Waals surface area contributed by atoms with E-state index in [9.17, 15) is 0 Å². The Morgan fingerprint density at radius 1 is 1.16 bits per heavy atom. The van der Waals surface area contributed by atoms with Gasteiger partial charge in [0, 0.05) is 12.0 Å². The summed E-state index contributed by atoms with van der Waals surface area (Å²) in [5, 5.41) is 3.53. The zero-order valence-electron chi connectivity index (χ0n) is 12.6. The second kappa shape index (κ2) is 7.94. The number of nitrogens with zero attached hydrogens (tertiary/aromatic N) is 2. The summed E-state index contributed by atoms with van der Waals surface area (Å²) in [6, 6.07) is 2.05. The van der Waals surface area contributed by atoms with E-state index in [1.54, 1.807) is 20.3 Å². The molecule has 0 aliphatic carbocycles. The predicted octanol–water partition coefficient (Wildman–Crippen LogP) is 2.38. The maximum atomic E-state index is 5.19. The van der Waals surface area contributed by atoms with E-state index in [-0.39, 0.29) is 5.92 Å². The molecule has 0 fully saturated rings. The molecule has 0 saturated heterocycles. The zero-order valence-corrected chi connectivity index (χ0v) is 12.6. The van der Waals surface area contributed by atoms with Crippen molar-refractivity contribution in [3.63, 3.8) is 0 Å². The minimum Gasteiger partial charge on any atom is -0.481 e. The lowest BCUT2D eigenvalue weighted by Crippen LogP contribution is -2.34. The van der Waals surface area contributed by atoms with Gasteiger partial charge < -0.3 is 14.8 Å². The van der Waals surface area contributed by atoms with E-state index in [0.29, 0.717) is 17.8 Å². The molecular formula is C14H25N3O2. The van der Waals surface area contributed by atoms with Crippen molar-refractivity contribution in [1.29, 1.82) is 0 Å². The van der Waals surface area contributed by atoms with E-state index in [1.165, 1.54) is 0 Å². The number of hydrogen-bond donors (Lipinski definition) is 1. The topological polar surface area (TPSA) is 56.3 Å². The number of rotatable bonds is 8. The highest BCUT2D eigenvalue weighted by Gasteiger charge is 2.20. The van der Waals surface area contributed by atoms with Crippen LogP contribution in [0.25, 0.3) is 0 Å². The molecule has 2 atom stereocenters. The second-order valence-electron chi connectivity index (χ2n) is 4.57. The Morgan fingerprint density at radius 2 is 1.74 bits per heavy atom. The number of nitrogens with one attached hydrogen (secondary N) is 1. The van der Waals surface area contributed by atoms with Crippen LogP contribution in [0.3, 0.4) is 0 Å². The fraction of sp³-hybridized carbons (Fsp3) is 0.714. The first-order chi connectivity index (χ1) is 9.15. The normalized spacial score (nSPS) is 13.9. The van der Waals surface area contributed by atoms with Crippen molar-refractivity contribution in [1.82, 2.24) is 15.3 Å². The van der Waals surface area contributed by atoms with Crippen molar-refractivity contribution in [2.75, 3.05) is 20.8 Å². The summed E-state index contributed by atoms with van der Waals surface area (Å²) in [4.78, 5) is 8.85. The van der Waals surface area contributed by atoms with Crippen LogP contribution >= 0.6 is 0 Å². The summed E-state index contributed by atoms with van der Waals surface area (Å²) < 4.78 is 10.4. The maximum absolute atomic E-state index is 5.19. The van der Waals surface area contributed by atoms with Crippen LogP contribution in [-0.2, 0) is 0 Å². The van der Waals surface area contributed by atoms with Crippen LogP contribution in [0.5, 0.6) is 11.8 Å². The summed E-state index contributed by atoms with van der Waals surface area (Å²) in [5.41, 5.74) is 0. The molecular weight excluding hydrogens is 242 g/mol. The van der Waals surface area contributed by atoms with E-state index in [0.717, 1.165) is 25.2 Å². The first-order valence-electron chi connectivity index (χ1n) is 6.86. The van der Waals surface area contributed by atoms with Gasteiger partial charge in [-0.15, -0.1) is 0 Å². The van der Waals surface area contributed by atoms with Crippen LogP contribution in [0.15, 0.2) is 6.07 Å². The Labute approximate surface area is 115 Å². The highest BCUT2D eigenvalue weighted by Crippen LogP contribution is 2.23. The highest BCUT2D eigenvalue weighted by atomic mass is 16.5. The fourth-order valence-corrected chi connectivity index (χ4v) is 2.02. The Bertz CT molecular complexity index is 363. The number of ether oxygens (including phenoxy) is 2. The largest absolute Gasteiger partial charge is 0.481 e. The molecule has 0 aliphatic heterocycles. The molecule has 1 rings (SSSR count). The molecule has 0 bridgehead atoms. The predicted molar refractivity (Wildman–Crippen MR) is 75.9 cm³/mol. The van der Waals surface area contributed by atoms with E-state index in [1.807, 2.05) is 0 Å². The first kappa shape index (κ1) is 15.7. The Balaban J connectivity index is 2.92. The number of aromatic nitrogens is 2. The minimum absolute atomic E-state index is 0.209. The molecule has 2 unspecified atom stereocenters. The summed E-state index contributed by atoms with van der Waals surface area (Å²) in [5.74, 6) is 2.05. The van der Waals surface area contributed by atoms with Crippen molar-refractivity contribution < 1.29 is 9.47 Å². The molecule has 0 aliphatic rings. The standard InChI is InChI=1S/C14H25N3O2/c1-6-8-15-11(7-2)10(3)14-16-12(18-4)9-13(17-14)19-5/h9-11,15H,6-8H2,1-5H3. The zero-order chi connectivity index (χ0) is 14.3.